The Kier molecular flexibility index (Phi) is 7.01. The number of nitrogens with one attached hydrogen (secondary N) is 2. The van der Waals surface area contributed by atoms with Gasteiger partial charge in [-0.3, -0.25) is 9.59 Å². The minimum Gasteiger partial charge on any atom is -0.465 e. The van der Waals surface area contributed by atoms with Gasteiger partial charge in [-0.2, -0.15) is 0 Å². The van der Waals surface area contributed by atoms with Crippen LogP contribution in [0.15, 0.2) is 52.3 Å². The average molecular weight is 463 g/mol. The van der Waals surface area contributed by atoms with Crippen molar-refractivity contribution in [3.8, 4) is 0 Å². The van der Waals surface area contributed by atoms with Crippen LogP contribution in [0, 0.1) is 5.92 Å². The summed E-state index contributed by atoms with van der Waals surface area (Å²) in [5.41, 5.74) is 1.25. The molecular weight excluding hydrogens is 440 g/mol. The second-order valence-electron chi connectivity index (χ2n) is 7.05. The monoisotopic (exact) mass is 462 g/mol. The lowest BCUT2D eigenvalue weighted by molar-refractivity contribution is -0.118. The maximum Gasteiger partial charge on any atom is 0.337 e. The molecule has 164 valence electrons. The molecule has 0 spiro atoms. The molecule has 0 saturated heterocycles. The third-order valence-corrected chi connectivity index (χ3v) is 7.74. The van der Waals surface area contributed by atoms with Gasteiger partial charge in [0.15, 0.2) is 9.84 Å². The van der Waals surface area contributed by atoms with Gasteiger partial charge in [0.1, 0.15) is 0 Å². The number of methoxy groups -OCH3 is 1. The van der Waals surface area contributed by atoms with E-state index in [-0.39, 0.29) is 28.9 Å². The summed E-state index contributed by atoms with van der Waals surface area (Å²) in [7, 11) is -2.45. The number of fused-ring (bicyclic) bond motifs is 1. The zero-order chi connectivity index (χ0) is 22.6. The summed E-state index contributed by atoms with van der Waals surface area (Å²) in [6.45, 7) is 1.81. The van der Waals surface area contributed by atoms with Gasteiger partial charge in [-0.05, 0) is 42.5 Å². The molecule has 31 heavy (non-hydrogen) atoms. The maximum atomic E-state index is 12.7. The van der Waals surface area contributed by atoms with E-state index in [1.807, 2.05) is 6.92 Å². The first-order chi connectivity index (χ1) is 14.7. The number of anilines is 2. The molecule has 0 unspecified atom stereocenters. The van der Waals surface area contributed by atoms with E-state index in [9.17, 15) is 22.8 Å². The third-order valence-electron chi connectivity index (χ3n) is 4.69. The fourth-order valence-corrected chi connectivity index (χ4v) is 5.12. The summed E-state index contributed by atoms with van der Waals surface area (Å²) >= 11 is 1.49. The van der Waals surface area contributed by atoms with Crippen LogP contribution in [0.2, 0.25) is 0 Å². The van der Waals surface area contributed by atoms with Crippen molar-refractivity contribution in [2.45, 2.75) is 23.1 Å². The number of sulfone groups is 1. The normalized spacial score (nSPS) is 15.9. The lowest BCUT2D eigenvalue weighted by Crippen LogP contribution is -2.20. The van der Waals surface area contributed by atoms with Gasteiger partial charge < -0.3 is 15.4 Å². The molecule has 0 bridgehead atoms. The smallest absolute Gasteiger partial charge is 0.337 e. The molecule has 1 aliphatic heterocycles. The molecule has 0 saturated carbocycles. The van der Waals surface area contributed by atoms with Crippen molar-refractivity contribution in [1.29, 1.82) is 0 Å². The molecule has 0 fully saturated rings. The predicted molar refractivity (Wildman–Crippen MR) is 118 cm³/mol. The molecule has 1 atom stereocenters. The van der Waals surface area contributed by atoms with Crippen LogP contribution in [0.4, 0.5) is 11.4 Å². The first-order valence-corrected chi connectivity index (χ1v) is 12.1. The molecule has 1 aliphatic rings. The average Bonchev–Trinajstić information content (AvgIpc) is 2.90. The molecule has 2 N–H and O–H groups in total. The summed E-state index contributed by atoms with van der Waals surface area (Å²) in [4.78, 5) is 36.5. The lowest BCUT2D eigenvalue weighted by atomic mass is 10.2. The first kappa shape index (κ1) is 22.8. The fraction of sp³-hybridized carbons (Fsp3) is 0.286. The zero-order valence-corrected chi connectivity index (χ0v) is 18.6. The van der Waals surface area contributed by atoms with Crippen molar-refractivity contribution in [3.05, 3.63) is 48.0 Å². The topological polar surface area (TPSA) is 119 Å². The number of benzene rings is 2. The Morgan fingerprint density at radius 3 is 2.58 bits per heavy atom. The van der Waals surface area contributed by atoms with Crippen LogP contribution in [0.1, 0.15) is 23.7 Å². The number of esters is 1. The van der Waals surface area contributed by atoms with Gasteiger partial charge in [-0.1, -0.05) is 6.92 Å². The maximum absolute atomic E-state index is 12.7. The highest BCUT2D eigenvalue weighted by Crippen LogP contribution is 2.34. The van der Waals surface area contributed by atoms with Crippen LogP contribution < -0.4 is 10.6 Å². The Bertz CT molecular complexity index is 1110. The third kappa shape index (κ3) is 5.65. The largest absolute Gasteiger partial charge is 0.465 e. The van der Waals surface area contributed by atoms with Gasteiger partial charge in [0.2, 0.25) is 11.8 Å². The molecule has 2 aromatic rings. The Morgan fingerprint density at radius 1 is 1.19 bits per heavy atom. The number of amides is 2. The number of carbonyl (C=O) groups is 3. The Morgan fingerprint density at radius 2 is 1.90 bits per heavy atom. The number of hydrogen-bond acceptors (Lipinski definition) is 7. The van der Waals surface area contributed by atoms with Gasteiger partial charge >= 0.3 is 5.97 Å². The van der Waals surface area contributed by atoms with Crippen LogP contribution in [-0.4, -0.2) is 44.8 Å². The standard InChI is InChI=1S/C21H22N2O6S2/c1-13-12-30-18-8-7-16(11-17(18)23-20(13)25)31(27,28)10-9-19(24)22-15-5-3-14(4-6-15)21(26)29-2/h3-8,11,13H,9-10,12H2,1-2H3,(H,22,24)(H,23,25)/t13-/m0/s1. The molecular formula is C21H22N2O6S2. The second-order valence-corrected chi connectivity index (χ2v) is 10.2. The second kappa shape index (κ2) is 9.52. The number of rotatable bonds is 6. The predicted octanol–water partition coefficient (Wildman–Crippen LogP) is 2.96. The number of carbonyl (C=O) groups excluding carboxylic acids is 3. The summed E-state index contributed by atoms with van der Waals surface area (Å²) in [5, 5.41) is 5.37. The first-order valence-electron chi connectivity index (χ1n) is 9.48. The van der Waals surface area contributed by atoms with E-state index in [1.165, 1.54) is 55.3 Å². The van der Waals surface area contributed by atoms with Crippen molar-refractivity contribution < 1.29 is 27.5 Å². The molecule has 10 heteroatoms. The van der Waals surface area contributed by atoms with Crippen LogP contribution in [0.3, 0.4) is 0 Å². The number of thioether (sulfide) groups is 1. The highest BCUT2D eigenvalue weighted by molar-refractivity contribution is 7.99. The number of ether oxygens (including phenoxy) is 1. The molecule has 3 rings (SSSR count). The summed E-state index contributed by atoms with van der Waals surface area (Å²) in [6, 6.07) is 10.7. The highest BCUT2D eigenvalue weighted by atomic mass is 32.2. The fourth-order valence-electron chi connectivity index (χ4n) is 2.85. The van der Waals surface area contributed by atoms with E-state index >= 15 is 0 Å². The SMILES string of the molecule is COC(=O)c1ccc(NC(=O)CCS(=O)(=O)c2ccc3c(c2)NC(=O)[C@@H](C)CS3)cc1. The van der Waals surface area contributed by atoms with Gasteiger partial charge in [-0.15, -0.1) is 11.8 Å². The molecule has 0 aromatic heterocycles. The summed E-state index contributed by atoms with van der Waals surface area (Å²) in [5.74, 6) is -1.06. The van der Waals surface area contributed by atoms with Crippen molar-refractivity contribution in [3.63, 3.8) is 0 Å². The van der Waals surface area contributed by atoms with E-state index < -0.39 is 21.7 Å². The van der Waals surface area contributed by atoms with E-state index in [2.05, 4.69) is 15.4 Å². The van der Waals surface area contributed by atoms with Crippen LogP contribution in [0.25, 0.3) is 0 Å². The van der Waals surface area contributed by atoms with E-state index in [4.69, 9.17) is 0 Å². The van der Waals surface area contributed by atoms with E-state index in [0.717, 1.165) is 4.90 Å². The molecule has 2 amide bonds. The minimum atomic E-state index is -3.73. The van der Waals surface area contributed by atoms with Gasteiger partial charge in [0, 0.05) is 28.7 Å². The van der Waals surface area contributed by atoms with Crippen LogP contribution >= 0.6 is 11.8 Å². The zero-order valence-electron chi connectivity index (χ0n) is 17.0. The summed E-state index contributed by atoms with van der Waals surface area (Å²) < 4.78 is 30.0. The minimum absolute atomic E-state index is 0.0527. The van der Waals surface area contributed by atoms with Crippen molar-refractivity contribution in [2.24, 2.45) is 5.92 Å². The van der Waals surface area contributed by atoms with E-state index in [0.29, 0.717) is 22.7 Å². The van der Waals surface area contributed by atoms with Gasteiger partial charge in [-0.25, -0.2) is 13.2 Å². The molecule has 0 radical (unpaired) electrons. The lowest BCUT2D eigenvalue weighted by Gasteiger charge is -2.10. The quantitative estimate of drug-likeness (QED) is 0.634. The van der Waals surface area contributed by atoms with Crippen molar-refractivity contribution in [2.75, 3.05) is 29.2 Å². The van der Waals surface area contributed by atoms with Crippen LogP contribution in [0.5, 0.6) is 0 Å². The van der Waals surface area contributed by atoms with Crippen LogP contribution in [-0.2, 0) is 24.2 Å². The molecule has 0 aliphatic carbocycles. The highest BCUT2D eigenvalue weighted by Gasteiger charge is 2.23. The molecule has 2 aromatic carbocycles. The Balaban J connectivity index is 1.63. The summed E-state index contributed by atoms with van der Waals surface area (Å²) in [6.07, 6.45) is -0.240. The molecule has 8 nitrogen and oxygen atoms in total. The van der Waals surface area contributed by atoms with Gasteiger partial charge in [0.05, 0.1) is 29.0 Å². The Hall–Kier alpha value is -2.85. The van der Waals surface area contributed by atoms with Crippen molar-refractivity contribution >= 4 is 50.8 Å². The van der Waals surface area contributed by atoms with Gasteiger partial charge in [0.25, 0.3) is 0 Å². The van der Waals surface area contributed by atoms with E-state index in [1.54, 1.807) is 6.07 Å². The molecule has 1 heterocycles. The number of hydrogen-bond donors (Lipinski definition) is 2. The van der Waals surface area contributed by atoms with Crippen molar-refractivity contribution in [1.82, 2.24) is 0 Å². The Labute approximate surface area is 184 Å².